The van der Waals surface area contributed by atoms with E-state index in [-0.39, 0.29) is 37.1 Å². The van der Waals surface area contributed by atoms with E-state index in [0.29, 0.717) is 11.7 Å². The van der Waals surface area contributed by atoms with E-state index in [0.717, 1.165) is 25.2 Å². The van der Waals surface area contributed by atoms with Crippen LogP contribution in [0, 0.1) is 0 Å². The zero-order valence-electron chi connectivity index (χ0n) is 14.8. The molecule has 1 fully saturated rings. The summed E-state index contributed by atoms with van der Waals surface area (Å²) in [6.45, 7) is 0.0566. The number of hydrogen-bond acceptors (Lipinski definition) is 5. The summed E-state index contributed by atoms with van der Waals surface area (Å²) in [5.41, 5.74) is 1.73. The van der Waals surface area contributed by atoms with Crippen LogP contribution in [0.3, 0.4) is 0 Å². The van der Waals surface area contributed by atoms with Crippen molar-refractivity contribution in [1.82, 2.24) is 9.88 Å². The molecule has 2 heterocycles. The number of carbonyl (C=O) groups excluding carboxylic acids is 3. The summed E-state index contributed by atoms with van der Waals surface area (Å²) >= 11 is 4.85. The number of carbonyl (C=O) groups is 3. The number of benzene rings is 2. The Morgan fingerprint density at radius 3 is 2.54 bits per heavy atom. The van der Waals surface area contributed by atoms with E-state index in [9.17, 15) is 14.4 Å². The van der Waals surface area contributed by atoms with Gasteiger partial charge in [0.05, 0.1) is 16.8 Å². The van der Waals surface area contributed by atoms with E-state index in [4.69, 9.17) is 0 Å². The first-order valence-electron chi connectivity index (χ1n) is 8.75. The van der Waals surface area contributed by atoms with Crippen LogP contribution in [0.2, 0.25) is 0 Å². The molecule has 28 heavy (non-hydrogen) atoms. The van der Waals surface area contributed by atoms with Crippen molar-refractivity contribution in [3.8, 4) is 0 Å². The van der Waals surface area contributed by atoms with Gasteiger partial charge in [-0.3, -0.25) is 24.2 Å². The van der Waals surface area contributed by atoms with Crippen LogP contribution < -0.4 is 4.90 Å². The number of nitrogens with zero attached hydrogens (tertiary/aromatic N) is 3. The predicted octanol–water partition coefficient (Wildman–Crippen LogP) is 3.74. The Bertz CT molecular complexity index is 1050. The largest absolute Gasteiger partial charge is 0.282 e. The topological polar surface area (TPSA) is 70.6 Å². The van der Waals surface area contributed by atoms with Gasteiger partial charge in [-0.15, -0.1) is 0 Å². The first kappa shape index (κ1) is 18.8. The van der Waals surface area contributed by atoms with Crippen LogP contribution in [0.4, 0.5) is 5.13 Å². The van der Waals surface area contributed by atoms with Gasteiger partial charge in [0.15, 0.2) is 5.13 Å². The number of thiazole rings is 1. The third-order valence-corrected chi connectivity index (χ3v) is 6.04. The van der Waals surface area contributed by atoms with E-state index < -0.39 is 0 Å². The highest BCUT2D eigenvalue weighted by molar-refractivity contribution is 9.10. The maximum Gasteiger partial charge on any atom is 0.249 e. The molecule has 1 aliphatic heterocycles. The summed E-state index contributed by atoms with van der Waals surface area (Å²) in [4.78, 5) is 44.1. The van der Waals surface area contributed by atoms with Crippen LogP contribution in [0.1, 0.15) is 18.4 Å². The van der Waals surface area contributed by atoms with Gasteiger partial charge in [0, 0.05) is 17.3 Å². The molecule has 0 radical (unpaired) electrons. The molecule has 3 aromatic rings. The van der Waals surface area contributed by atoms with E-state index in [2.05, 4.69) is 20.9 Å². The molecule has 1 aromatic heterocycles. The van der Waals surface area contributed by atoms with Gasteiger partial charge < -0.3 is 0 Å². The molecule has 0 saturated carbocycles. The number of rotatable bonds is 5. The maximum atomic E-state index is 13.1. The second kappa shape index (κ2) is 7.81. The SMILES string of the molecule is O=C1CCC(=O)N1CC(=O)N(Cc1ccccc1)c1nc2ccc(Br)cc2s1. The smallest absolute Gasteiger partial charge is 0.249 e. The highest BCUT2D eigenvalue weighted by atomic mass is 79.9. The Morgan fingerprint density at radius 1 is 1.11 bits per heavy atom. The fraction of sp³-hybridized carbons (Fsp3) is 0.200. The maximum absolute atomic E-state index is 13.1. The Kier molecular flexibility index (Phi) is 5.23. The molecule has 0 unspecified atom stereocenters. The van der Waals surface area contributed by atoms with E-state index in [1.807, 2.05) is 48.5 Å². The lowest BCUT2D eigenvalue weighted by Crippen LogP contribution is -2.42. The minimum absolute atomic E-state index is 0.167. The third-order valence-electron chi connectivity index (χ3n) is 4.50. The van der Waals surface area contributed by atoms with E-state index >= 15 is 0 Å². The molecule has 142 valence electrons. The number of anilines is 1. The number of fused-ring (bicyclic) bond motifs is 1. The Hall–Kier alpha value is -2.58. The number of likely N-dealkylation sites (tertiary alicyclic amines) is 1. The van der Waals surface area contributed by atoms with Crippen molar-refractivity contribution >= 4 is 60.3 Å². The second-order valence-electron chi connectivity index (χ2n) is 6.45. The van der Waals surface area contributed by atoms with E-state index in [1.165, 1.54) is 11.3 Å². The van der Waals surface area contributed by atoms with Gasteiger partial charge in [0.25, 0.3) is 0 Å². The first-order chi connectivity index (χ1) is 13.5. The van der Waals surface area contributed by atoms with Gasteiger partial charge in [-0.2, -0.15) is 0 Å². The highest BCUT2D eigenvalue weighted by Crippen LogP contribution is 2.32. The molecule has 0 spiro atoms. The number of imide groups is 1. The molecule has 0 N–H and O–H groups in total. The number of aromatic nitrogens is 1. The minimum Gasteiger partial charge on any atom is -0.282 e. The average molecular weight is 458 g/mol. The van der Waals surface area contributed by atoms with Crippen molar-refractivity contribution in [2.24, 2.45) is 0 Å². The zero-order valence-corrected chi connectivity index (χ0v) is 17.2. The Labute approximate surface area is 173 Å². The lowest BCUT2D eigenvalue weighted by molar-refractivity contribution is -0.141. The van der Waals surface area contributed by atoms with Crippen molar-refractivity contribution in [3.63, 3.8) is 0 Å². The van der Waals surface area contributed by atoms with Crippen molar-refractivity contribution < 1.29 is 14.4 Å². The first-order valence-corrected chi connectivity index (χ1v) is 10.4. The lowest BCUT2D eigenvalue weighted by Gasteiger charge is -2.22. The monoisotopic (exact) mass is 457 g/mol. The van der Waals surface area contributed by atoms with Crippen molar-refractivity contribution in [2.45, 2.75) is 19.4 Å². The van der Waals surface area contributed by atoms with Gasteiger partial charge in [-0.1, -0.05) is 57.6 Å². The molecule has 3 amide bonds. The van der Waals surface area contributed by atoms with Crippen LogP contribution in [-0.4, -0.2) is 34.2 Å². The number of amides is 3. The molecular formula is C20H16BrN3O3S. The van der Waals surface area contributed by atoms with E-state index in [1.54, 1.807) is 4.90 Å². The van der Waals surface area contributed by atoms with Gasteiger partial charge >= 0.3 is 0 Å². The number of hydrogen-bond donors (Lipinski definition) is 0. The van der Waals surface area contributed by atoms with Crippen LogP contribution >= 0.6 is 27.3 Å². The summed E-state index contributed by atoms with van der Waals surface area (Å²) in [7, 11) is 0. The standard InChI is InChI=1S/C20H16BrN3O3S/c21-14-6-7-15-16(10-14)28-20(22-15)24(11-13-4-2-1-3-5-13)19(27)12-23-17(25)8-9-18(23)26/h1-7,10H,8-9,11-12H2. The van der Waals surface area contributed by atoms with Crippen molar-refractivity contribution in [1.29, 1.82) is 0 Å². The summed E-state index contributed by atoms with van der Waals surface area (Å²) in [5, 5.41) is 0.543. The average Bonchev–Trinajstić information content (AvgIpc) is 3.24. The summed E-state index contributed by atoms with van der Waals surface area (Å²) in [6, 6.07) is 15.3. The summed E-state index contributed by atoms with van der Waals surface area (Å²) < 4.78 is 1.88. The van der Waals surface area contributed by atoms with Gasteiger partial charge in [-0.05, 0) is 23.8 Å². The van der Waals surface area contributed by atoms with Gasteiger partial charge in [0.1, 0.15) is 6.54 Å². The van der Waals surface area contributed by atoms with Crippen LogP contribution in [0.5, 0.6) is 0 Å². The Balaban J connectivity index is 1.67. The quantitative estimate of drug-likeness (QED) is 0.547. The molecule has 0 aliphatic carbocycles. The molecule has 1 aliphatic rings. The lowest BCUT2D eigenvalue weighted by atomic mass is 10.2. The molecule has 0 atom stereocenters. The Morgan fingerprint density at radius 2 is 1.82 bits per heavy atom. The molecule has 0 bridgehead atoms. The summed E-state index contributed by atoms with van der Waals surface area (Å²) in [6.07, 6.45) is 0.333. The van der Waals surface area contributed by atoms with Crippen LogP contribution in [-0.2, 0) is 20.9 Å². The van der Waals surface area contributed by atoms with Gasteiger partial charge in [0.2, 0.25) is 17.7 Å². The minimum atomic E-state index is -0.328. The summed E-state index contributed by atoms with van der Waals surface area (Å²) in [5.74, 6) is -0.928. The van der Waals surface area contributed by atoms with Crippen molar-refractivity contribution in [2.75, 3.05) is 11.4 Å². The second-order valence-corrected chi connectivity index (χ2v) is 8.37. The van der Waals surface area contributed by atoms with Crippen LogP contribution in [0.15, 0.2) is 53.0 Å². The normalized spacial score (nSPS) is 14.1. The highest BCUT2D eigenvalue weighted by Gasteiger charge is 2.32. The zero-order chi connectivity index (χ0) is 19.7. The molecule has 8 heteroatoms. The molecule has 2 aromatic carbocycles. The fourth-order valence-corrected chi connectivity index (χ4v) is 4.58. The molecule has 4 rings (SSSR count). The third kappa shape index (κ3) is 3.83. The molecular weight excluding hydrogens is 442 g/mol. The number of halogens is 1. The fourth-order valence-electron chi connectivity index (χ4n) is 3.05. The van der Waals surface area contributed by atoms with Crippen molar-refractivity contribution in [3.05, 3.63) is 58.6 Å². The predicted molar refractivity (Wildman–Crippen MR) is 111 cm³/mol. The molecule has 6 nitrogen and oxygen atoms in total. The van der Waals surface area contributed by atoms with Crippen LogP contribution in [0.25, 0.3) is 10.2 Å². The molecule has 1 saturated heterocycles. The van der Waals surface area contributed by atoms with Gasteiger partial charge in [-0.25, -0.2) is 4.98 Å².